The van der Waals surface area contributed by atoms with Crippen molar-refractivity contribution in [2.45, 2.75) is 26.2 Å². The number of ketones is 1. The Labute approximate surface area is 168 Å². The van der Waals surface area contributed by atoms with Gasteiger partial charge in [0.1, 0.15) is 5.65 Å². The first-order chi connectivity index (χ1) is 13.9. The molecule has 2 aromatic carbocycles. The van der Waals surface area contributed by atoms with E-state index in [0.717, 1.165) is 11.2 Å². The zero-order chi connectivity index (χ0) is 20.2. The fourth-order valence-electron chi connectivity index (χ4n) is 3.50. The molecule has 3 aromatic heterocycles. The minimum atomic E-state index is -0.0256. The SMILES string of the molecule is CC(C)(C)c1ccn2c(c1)nc1nc3ccc(C(=O)c4ccccc4)cc3nc12. The number of carbonyl (C=O) groups is 1. The van der Waals surface area contributed by atoms with Crippen molar-refractivity contribution in [2.75, 3.05) is 0 Å². The van der Waals surface area contributed by atoms with Gasteiger partial charge in [-0.05, 0) is 41.3 Å². The summed E-state index contributed by atoms with van der Waals surface area (Å²) in [5, 5.41) is 0. The van der Waals surface area contributed by atoms with Crippen LogP contribution in [0.5, 0.6) is 0 Å². The van der Waals surface area contributed by atoms with Gasteiger partial charge < -0.3 is 0 Å². The van der Waals surface area contributed by atoms with Crippen molar-refractivity contribution in [3.05, 3.63) is 83.6 Å². The molecule has 0 bridgehead atoms. The van der Waals surface area contributed by atoms with E-state index in [4.69, 9.17) is 4.98 Å². The molecular weight excluding hydrogens is 360 g/mol. The summed E-state index contributed by atoms with van der Waals surface area (Å²) in [6.07, 6.45) is 1.99. The van der Waals surface area contributed by atoms with Crippen LogP contribution < -0.4 is 0 Å². The number of hydrogen-bond acceptors (Lipinski definition) is 4. The molecular formula is C24H20N4O. The quantitative estimate of drug-likeness (QED) is 0.406. The second-order valence-corrected chi connectivity index (χ2v) is 8.27. The lowest BCUT2D eigenvalue weighted by atomic mass is 9.88. The Morgan fingerprint density at radius 3 is 2.38 bits per heavy atom. The summed E-state index contributed by atoms with van der Waals surface area (Å²) in [6.45, 7) is 6.53. The fraction of sp³-hybridized carbons (Fsp3) is 0.167. The first-order valence-corrected chi connectivity index (χ1v) is 9.60. The zero-order valence-corrected chi connectivity index (χ0v) is 16.5. The first kappa shape index (κ1) is 17.5. The number of nitrogens with zero attached hydrogens (tertiary/aromatic N) is 4. The number of rotatable bonds is 2. The average molecular weight is 380 g/mol. The van der Waals surface area contributed by atoms with Crippen LogP contribution in [-0.4, -0.2) is 25.1 Å². The van der Waals surface area contributed by atoms with Crippen LogP contribution in [0.15, 0.2) is 66.9 Å². The van der Waals surface area contributed by atoms with Gasteiger partial charge in [-0.1, -0.05) is 51.1 Å². The average Bonchev–Trinajstić information content (AvgIpc) is 3.07. The van der Waals surface area contributed by atoms with Crippen molar-refractivity contribution in [1.29, 1.82) is 0 Å². The highest BCUT2D eigenvalue weighted by Gasteiger charge is 2.17. The number of benzene rings is 2. The molecule has 0 saturated carbocycles. The summed E-state index contributed by atoms with van der Waals surface area (Å²) < 4.78 is 1.95. The Kier molecular flexibility index (Phi) is 3.74. The third-order valence-electron chi connectivity index (χ3n) is 5.18. The van der Waals surface area contributed by atoms with Crippen molar-refractivity contribution < 1.29 is 4.79 Å². The predicted molar refractivity (Wildman–Crippen MR) is 114 cm³/mol. The molecule has 0 aliphatic heterocycles. The van der Waals surface area contributed by atoms with E-state index in [2.05, 4.69) is 42.9 Å². The monoisotopic (exact) mass is 380 g/mol. The fourth-order valence-corrected chi connectivity index (χ4v) is 3.50. The van der Waals surface area contributed by atoms with Gasteiger partial charge in [0, 0.05) is 17.3 Å². The standard InChI is InChI=1S/C24H20N4O/c1-24(2,3)17-11-12-28-20(14-17)27-22-23(28)26-19-13-16(9-10-18(19)25-22)21(29)15-7-5-4-6-8-15/h4-14H,1-3H3. The molecule has 0 amide bonds. The lowest BCUT2D eigenvalue weighted by molar-refractivity contribution is 0.103. The molecule has 0 fully saturated rings. The molecule has 29 heavy (non-hydrogen) atoms. The van der Waals surface area contributed by atoms with E-state index in [0.29, 0.717) is 27.9 Å². The summed E-state index contributed by atoms with van der Waals surface area (Å²) in [6, 6.07) is 18.9. The first-order valence-electron chi connectivity index (χ1n) is 9.60. The maximum absolute atomic E-state index is 12.8. The Morgan fingerprint density at radius 2 is 1.62 bits per heavy atom. The van der Waals surface area contributed by atoms with E-state index in [9.17, 15) is 4.79 Å². The van der Waals surface area contributed by atoms with Crippen molar-refractivity contribution in [1.82, 2.24) is 19.4 Å². The molecule has 0 unspecified atom stereocenters. The van der Waals surface area contributed by atoms with Crippen LogP contribution in [0.2, 0.25) is 0 Å². The summed E-state index contributed by atoms with van der Waals surface area (Å²) in [5.41, 5.74) is 6.03. The number of aromatic nitrogens is 4. The van der Waals surface area contributed by atoms with Gasteiger partial charge in [0.25, 0.3) is 0 Å². The molecule has 3 heterocycles. The van der Waals surface area contributed by atoms with Crippen LogP contribution in [0.25, 0.3) is 28.0 Å². The van der Waals surface area contributed by atoms with E-state index in [1.54, 1.807) is 12.1 Å². The number of carbonyl (C=O) groups excluding carboxylic acids is 1. The van der Waals surface area contributed by atoms with E-state index in [1.807, 2.05) is 47.0 Å². The van der Waals surface area contributed by atoms with Crippen molar-refractivity contribution in [3.63, 3.8) is 0 Å². The van der Waals surface area contributed by atoms with Crippen molar-refractivity contribution in [3.8, 4) is 0 Å². The van der Waals surface area contributed by atoms with Crippen LogP contribution >= 0.6 is 0 Å². The molecule has 0 aliphatic rings. The van der Waals surface area contributed by atoms with Gasteiger partial charge in [0.05, 0.1) is 11.0 Å². The van der Waals surface area contributed by atoms with E-state index >= 15 is 0 Å². The Morgan fingerprint density at radius 1 is 0.828 bits per heavy atom. The van der Waals surface area contributed by atoms with Crippen LogP contribution in [0.1, 0.15) is 42.3 Å². The summed E-state index contributed by atoms with van der Waals surface area (Å²) in [5.74, 6) is -0.0256. The molecule has 0 atom stereocenters. The number of fused-ring (bicyclic) bond motifs is 4. The van der Waals surface area contributed by atoms with Crippen LogP contribution in [-0.2, 0) is 5.41 Å². The van der Waals surface area contributed by atoms with Gasteiger partial charge in [-0.3, -0.25) is 9.20 Å². The molecule has 0 saturated heterocycles. The van der Waals surface area contributed by atoms with Crippen molar-refractivity contribution >= 4 is 33.8 Å². The summed E-state index contributed by atoms with van der Waals surface area (Å²) >= 11 is 0. The van der Waals surface area contributed by atoms with Gasteiger partial charge in [-0.15, -0.1) is 0 Å². The summed E-state index contributed by atoms with van der Waals surface area (Å²) in [4.78, 5) is 26.9. The highest BCUT2D eigenvalue weighted by Crippen LogP contribution is 2.25. The highest BCUT2D eigenvalue weighted by atomic mass is 16.1. The topological polar surface area (TPSA) is 60.2 Å². The Bertz CT molecular complexity index is 1400. The molecule has 142 valence electrons. The maximum Gasteiger partial charge on any atom is 0.198 e. The molecule has 0 aliphatic carbocycles. The molecule has 5 heteroatoms. The molecule has 0 spiro atoms. The third kappa shape index (κ3) is 2.95. The van der Waals surface area contributed by atoms with E-state index < -0.39 is 0 Å². The Hall–Kier alpha value is -3.60. The lowest BCUT2D eigenvalue weighted by Gasteiger charge is -2.18. The minimum Gasteiger partial charge on any atom is -0.289 e. The van der Waals surface area contributed by atoms with Gasteiger partial charge in [0.2, 0.25) is 0 Å². The highest BCUT2D eigenvalue weighted by molar-refractivity contribution is 6.10. The predicted octanol–water partition coefficient (Wildman–Crippen LogP) is 4.96. The Balaban J connectivity index is 1.67. The lowest BCUT2D eigenvalue weighted by Crippen LogP contribution is -2.11. The number of pyridine rings is 1. The summed E-state index contributed by atoms with van der Waals surface area (Å²) in [7, 11) is 0. The molecule has 0 N–H and O–H groups in total. The maximum atomic E-state index is 12.8. The third-order valence-corrected chi connectivity index (χ3v) is 5.18. The van der Waals surface area contributed by atoms with E-state index in [1.165, 1.54) is 5.56 Å². The van der Waals surface area contributed by atoms with Gasteiger partial charge >= 0.3 is 0 Å². The van der Waals surface area contributed by atoms with E-state index in [-0.39, 0.29) is 11.2 Å². The second-order valence-electron chi connectivity index (χ2n) is 8.27. The molecule has 5 nitrogen and oxygen atoms in total. The van der Waals surface area contributed by atoms with Crippen LogP contribution in [0.4, 0.5) is 0 Å². The number of hydrogen-bond donors (Lipinski definition) is 0. The normalized spacial score (nSPS) is 12.1. The minimum absolute atomic E-state index is 0.0256. The van der Waals surface area contributed by atoms with Gasteiger partial charge in [0.15, 0.2) is 17.1 Å². The van der Waals surface area contributed by atoms with Crippen LogP contribution in [0, 0.1) is 0 Å². The largest absolute Gasteiger partial charge is 0.289 e. The smallest absolute Gasteiger partial charge is 0.198 e. The zero-order valence-electron chi connectivity index (χ0n) is 16.5. The number of imidazole rings is 1. The second kappa shape index (κ2) is 6.21. The molecule has 5 rings (SSSR count). The molecule has 0 radical (unpaired) electrons. The molecule has 5 aromatic rings. The van der Waals surface area contributed by atoms with Crippen molar-refractivity contribution in [2.24, 2.45) is 0 Å². The van der Waals surface area contributed by atoms with Crippen LogP contribution in [0.3, 0.4) is 0 Å². The van der Waals surface area contributed by atoms with Gasteiger partial charge in [-0.25, -0.2) is 15.0 Å². The van der Waals surface area contributed by atoms with Gasteiger partial charge in [-0.2, -0.15) is 0 Å².